The molecule has 0 radical (unpaired) electrons. The maximum absolute atomic E-state index is 10.3. The van der Waals surface area contributed by atoms with Gasteiger partial charge in [-0.25, -0.2) is 4.98 Å². The van der Waals surface area contributed by atoms with Crippen LogP contribution in [-0.4, -0.2) is 32.5 Å². The molecule has 3 rings (SSSR count). The molecule has 0 bridgehead atoms. The quantitative estimate of drug-likeness (QED) is 0.734. The van der Waals surface area contributed by atoms with Gasteiger partial charge in [-0.1, -0.05) is 30.3 Å². The Morgan fingerprint density at radius 1 is 1.04 bits per heavy atom. The van der Waals surface area contributed by atoms with Crippen molar-refractivity contribution in [3.63, 3.8) is 0 Å². The number of para-hydroxylation sites is 3. The first kappa shape index (κ1) is 15.5. The van der Waals surface area contributed by atoms with Crippen LogP contribution in [0, 0.1) is 0 Å². The first-order chi connectivity index (χ1) is 11.1. The Hall–Kier alpha value is -2.37. The Morgan fingerprint density at radius 3 is 2.48 bits per heavy atom. The average molecular weight is 312 g/mol. The number of ether oxygens (including phenoxy) is 1. The maximum Gasteiger partial charge on any atom is 0.138 e. The standard InChI is InChI=1S/C18H20N2O3/c1-13(21)18-19-16-9-5-6-10-17(16)20(18)11-14(22)12-23-15-7-3-2-4-8-15/h2-10,13-14,21-22H,11-12H2,1H3. The van der Waals surface area contributed by atoms with Crippen LogP contribution in [0.1, 0.15) is 18.9 Å². The molecule has 5 heteroatoms. The number of aliphatic hydroxyl groups is 2. The van der Waals surface area contributed by atoms with Crippen molar-refractivity contribution < 1.29 is 14.9 Å². The van der Waals surface area contributed by atoms with E-state index in [0.29, 0.717) is 12.4 Å². The van der Waals surface area contributed by atoms with Gasteiger partial charge in [-0.3, -0.25) is 0 Å². The summed E-state index contributed by atoms with van der Waals surface area (Å²) in [4.78, 5) is 4.44. The minimum absolute atomic E-state index is 0.176. The monoisotopic (exact) mass is 312 g/mol. The fourth-order valence-corrected chi connectivity index (χ4v) is 2.58. The zero-order valence-corrected chi connectivity index (χ0v) is 13.0. The van der Waals surface area contributed by atoms with Crippen LogP contribution in [0.5, 0.6) is 5.75 Å². The summed E-state index contributed by atoms with van der Waals surface area (Å²) >= 11 is 0. The first-order valence-electron chi connectivity index (χ1n) is 7.64. The summed E-state index contributed by atoms with van der Waals surface area (Å²) in [5.74, 6) is 1.27. The molecule has 0 saturated heterocycles. The van der Waals surface area contributed by atoms with Crippen molar-refractivity contribution in [1.29, 1.82) is 0 Å². The highest BCUT2D eigenvalue weighted by atomic mass is 16.5. The average Bonchev–Trinajstić information content (AvgIpc) is 2.93. The van der Waals surface area contributed by atoms with Gasteiger partial charge in [-0.05, 0) is 31.2 Å². The molecule has 0 aliphatic rings. The highest BCUT2D eigenvalue weighted by molar-refractivity contribution is 5.76. The molecule has 0 aliphatic carbocycles. The van der Waals surface area contributed by atoms with Gasteiger partial charge in [0.2, 0.25) is 0 Å². The molecule has 0 fully saturated rings. The molecule has 1 heterocycles. The predicted molar refractivity (Wildman–Crippen MR) is 88.3 cm³/mol. The SMILES string of the molecule is CC(O)c1nc2ccccc2n1CC(O)COc1ccccc1. The van der Waals surface area contributed by atoms with E-state index >= 15 is 0 Å². The highest BCUT2D eigenvalue weighted by Gasteiger charge is 2.17. The van der Waals surface area contributed by atoms with Crippen LogP contribution in [0.15, 0.2) is 54.6 Å². The van der Waals surface area contributed by atoms with Gasteiger partial charge in [0.1, 0.15) is 30.4 Å². The van der Waals surface area contributed by atoms with Crippen molar-refractivity contribution in [3.8, 4) is 5.75 Å². The van der Waals surface area contributed by atoms with E-state index in [4.69, 9.17) is 4.74 Å². The molecule has 1 aromatic heterocycles. The molecule has 0 aliphatic heterocycles. The van der Waals surface area contributed by atoms with Gasteiger partial charge in [0.25, 0.3) is 0 Å². The predicted octanol–water partition coefficient (Wildman–Crippen LogP) is 2.53. The van der Waals surface area contributed by atoms with Crippen molar-refractivity contribution in [2.45, 2.75) is 25.7 Å². The van der Waals surface area contributed by atoms with Crippen LogP contribution >= 0.6 is 0 Å². The van der Waals surface area contributed by atoms with Gasteiger partial charge in [0, 0.05) is 0 Å². The Kier molecular flexibility index (Phi) is 4.60. The van der Waals surface area contributed by atoms with E-state index in [0.717, 1.165) is 16.8 Å². The first-order valence-corrected chi connectivity index (χ1v) is 7.64. The number of imidazole rings is 1. The molecule has 2 atom stereocenters. The summed E-state index contributed by atoms with van der Waals surface area (Å²) in [5.41, 5.74) is 1.70. The van der Waals surface area contributed by atoms with Crippen LogP contribution in [-0.2, 0) is 6.54 Å². The minimum Gasteiger partial charge on any atom is -0.491 e. The number of nitrogens with zero attached hydrogens (tertiary/aromatic N) is 2. The largest absolute Gasteiger partial charge is 0.491 e. The van der Waals surface area contributed by atoms with E-state index < -0.39 is 12.2 Å². The molecule has 2 N–H and O–H groups in total. The number of aliphatic hydroxyl groups excluding tert-OH is 2. The van der Waals surface area contributed by atoms with Crippen LogP contribution in [0.3, 0.4) is 0 Å². The van der Waals surface area contributed by atoms with E-state index in [1.165, 1.54) is 0 Å². The summed E-state index contributed by atoms with van der Waals surface area (Å²) in [6.45, 7) is 2.16. The van der Waals surface area contributed by atoms with Crippen molar-refractivity contribution >= 4 is 11.0 Å². The van der Waals surface area contributed by atoms with Crippen LogP contribution in [0.2, 0.25) is 0 Å². The van der Waals surface area contributed by atoms with Gasteiger partial charge < -0.3 is 19.5 Å². The third-order valence-electron chi connectivity index (χ3n) is 3.64. The Bertz CT molecular complexity index is 768. The lowest BCUT2D eigenvalue weighted by Gasteiger charge is -2.16. The molecule has 120 valence electrons. The topological polar surface area (TPSA) is 67.5 Å². The fraction of sp³-hybridized carbons (Fsp3) is 0.278. The van der Waals surface area contributed by atoms with Crippen LogP contribution < -0.4 is 4.74 Å². The second kappa shape index (κ2) is 6.81. The number of aromatic nitrogens is 2. The zero-order valence-electron chi connectivity index (χ0n) is 13.0. The molecule has 3 aromatic rings. The zero-order chi connectivity index (χ0) is 16.2. The number of hydrogen-bond acceptors (Lipinski definition) is 4. The number of benzene rings is 2. The van der Waals surface area contributed by atoms with Gasteiger partial charge >= 0.3 is 0 Å². The molecule has 23 heavy (non-hydrogen) atoms. The summed E-state index contributed by atoms with van der Waals surface area (Å²) in [6.07, 6.45) is -1.41. The smallest absolute Gasteiger partial charge is 0.138 e. The van der Waals surface area contributed by atoms with E-state index in [-0.39, 0.29) is 6.61 Å². The van der Waals surface area contributed by atoms with Gasteiger partial charge in [-0.2, -0.15) is 0 Å². The molecular weight excluding hydrogens is 292 g/mol. The second-order valence-corrected chi connectivity index (χ2v) is 5.52. The van der Waals surface area contributed by atoms with Gasteiger partial charge in [0.15, 0.2) is 0 Å². The lowest BCUT2D eigenvalue weighted by Crippen LogP contribution is -2.25. The second-order valence-electron chi connectivity index (χ2n) is 5.52. The van der Waals surface area contributed by atoms with Crippen molar-refractivity contribution in [1.82, 2.24) is 9.55 Å². The molecule has 2 aromatic carbocycles. The van der Waals surface area contributed by atoms with Crippen LogP contribution in [0.25, 0.3) is 11.0 Å². The van der Waals surface area contributed by atoms with E-state index in [9.17, 15) is 10.2 Å². The molecular formula is C18H20N2O3. The highest BCUT2D eigenvalue weighted by Crippen LogP contribution is 2.21. The summed E-state index contributed by atoms with van der Waals surface area (Å²) < 4.78 is 7.43. The Labute approximate surface area is 134 Å². The number of hydrogen-bond donors (Lipinski definition) is 2. The minimum atomic E-state index is -0.704. The summed E-state index contributed by atoms with van der Waals surface area (Å²) in [6, 6.07) is 17.0. The molecule has 2 unspecified atom stereocenters. The maximum atomic E-state index is 10.3. The molecule has 0 spiro atoms. The van der Waals surface area contributed by atoms with Crippen molar-refractivity contribution in [2.75, 3.05) is 6.61 Å². The third kappa shape index (κ3) is 3.52. The van der Waals surface area contributed by atoms with Crippen molar-refractivity contribution in [3.05, 3.63) is 60.4 Å². The lowest BCUT2D eigenvalue weighted by molar-refractivity contribution is 0.0895. The summed E-state index contributed by atoms with van der Waals surface area (Å²) in [5, 5.41) is 20.2. The lowest BCUT2D eigenvalue weighted by atomic mass is 10.3. The van der Waals surface area contributed by atoms with E-state index in [2.05, 4.69) is 4.98 Å². The number of rotatable bonds is 6. The van der Waals surface area contributed by atoms with Crippen LogP contribution in [0.4, 0.5) is 0 Å². The molecule has 0 saturated carbocycles. The Morgan fingerprint density at radius 2 is 1.74 bits per heavy atom. The third-order valence-corrected chi connectivity index (χ3v) is 3.64. The molecule has 5 nitrogen and oxygen atoms in total. The van der Waals surface area contributed by atoms with Gasteiger partial charge in [-0.15, -0.1) is 0 Å². The summed E-state index contributed by atoms with van der Waals surface area (Å²) in [7, 11) is 0. The van der Waals surface area contributed by atoms with E-state index in [1.807, 2.05) is 59.2 Å². The number of fused-ring (bicyclic) bond motifs is 1. The van der Waals surface area contributed by atoms with E-state index in [1.54, 1.807) is 6.92 Å². The fourth-order valence-electron chi connectivity index (χ4n) is 2.58. The van der Waals surface area contributed by atoms with Gasteiger partial charge in [0.05, 0.1) is 17.6 Å². The Balaban J connectivity index is 1.76. The normalized spacial score (nSPS) is 13.9. The van der Waals surface area contributed by atoms with Crippen molar-refractivity contribution in [2.24, 2.45) is 0 Å². The molecule has 0 amide bonds.